The molecule has 0 aliphatic carbocycles. The fraction of sp³-hybridized carbons (Fsp3) is 0.600. The number of likely N-dealkylation sites (tertiary alicyclic amines) is 1. The minimum Gasteiger partial charge on any atom is -0.508 e. The lowest BCUT2D eigenvalue weighted by Gasteiger charge is -2.32. The van der Waals surface area contributed by atoms with Gasteiger partial charge in [0.2, 0.25) is 41.4 Å². The van der Waals surface area contributed by atoms with E-state index in [4.69, 9.17) is 11.5 Å². The van der Waals surface area contributed by atoms with Crippen LogP contribution in [0, 0.1) is 11.8 Å². The van der Waals surface area contributed by atoms with E-state index in [0.717, 1.165) is 0 Å². The molecule has 1 aromatic heterocycles. The molecule has 0 saturated carbocycles. The number of hydrogen-bond donors (Lipinski definition) is 12. The maximum absolute atomic E-state index is 14.5. The van der Waals surface area contributed by atoms with Gasteiger partial charge in [0, 0.05) is 37.8 Å². The second-order valence-corrected chi connectivity index (χ2v) is 17.9. The summed E-state index contributed by atoms with van der Waals surface area (Å²) >= 11 is 0. The van der Waals surface area contributed by atoms with Gasteiger partial charge in [0.05, 0.1) is 19.0 Å². The fourth-order valence-electron chi connectivity index (χ4n) is 7.60. The minimum atomic E-state index is -1.63. The Kier molecular flexibility index (Phi) is 22.3. The fourth-order valence-corrected chi connectivity index (χ4v) is 7.60. The highest BCUT2D eigenvalue weighted by Gasteiger charge is 2.41. The van der Waals surface area contributed by atoms with Crippen LogP contribution in [0.2, 0.25) is 0 Å². The van der Waals surface area contributed by atoms with Gasteiger partial charge in [0.15, 0.2) is 12.0 Å². The SMILES string of the molecule is CC[C@H](C)[C@H](NC(=O)[C@H](Cc1ccc(O)cc1)NC(=O)[C@@H](NC(=O)[C@H](CCCN=C(N)N)NC(=O)CN(C)C)C(C)C)C(=O)N[C@@H](Cc1cnc[nH]1)C(=O)N1CCC[C@H]1C(=O)N[C@H](C(=O)O)[C@@H](C)O. The zero-order chi connectivity index (χ0) is 51.5. The lowest BCUT2D eigenvalue weighted by atomic mass is 9.96. The highest BCUT2D eigenvalue weighted by molar-refractivity contribution is 5.98. The van der Waals surface area contributed by atoms with Gasteiger partial charge in [0.1, 0.15) is 42.0 Å². The minimum absolute atomic E-state index is 0.0174. The van der Waals surface area contributed by atoms with Crippen LogP contribution < -0.4 is 43.4 Å². The molecule has 24 heteroatoms. The van der Waals surface area contributed by atoms with Gasteiger partial charge in [0.25, 0.3) is 0 Å². The number of nitrogens with two attached hydrogens (primary N) is 2. The van der Waals surface area contributed by atoms with Crippen LogP contribution in [0.3, 0.4) is 0 Å². The number of nitrogens with one attached hydrogen (secondary N) is 7. The van der Waals surface area contributed by atoms with Gasteiger partial charge in [-0.25, -0.2) is 9.78 Å². The van der Waals surface area contributed by atoms with Crippen molar-refractivity contribution in [2.24, 2.45) is 28.3 Å². The number of carbonyl (C=O) groups excluding carboxylic acids is 7. The molecule has 7 amide bonds. The zero-order valence-corrected chi connectivity index (χ0v) is 40.4. The Balaban J connectivity index is 1.93. The number of aromatic amines is 1. The first kappa shape index (κ1) is 56.5. The number of rotatable bonds is 27. The van der Waals surface area contributed by atoms with Crippen molar-refractivity contribution in [2.45, 2.75) is 128 Å². The summed E-state index contributed by atoms with van der Waals surface area (Å²) in [5.41, 5.74) is 11.9. The van der Waals surface area contributed by atoms with E-state index in [1.165, 1.54) is 36.5 Å². The van der Waals surface area contributed by atoms with Gasteiger partial charge in [-0.05, 0) is 76.2 Å². The summed E-state index contributed by atoms with van der Waals surface area (Å²) < 4.78 is 0. The van der Waals surface area contributed by atoms with E-state index >= 15 is 0 Å². The molecule has 1 saturated heterocycles. The van der Waals surface area contributed by atoms with E-state index in [0.29, 0.717) is 30.5 Å². The number of carboxylic acid groups (broad SMARTS) is 1. The van der Waals surface area contributed by atoms with Crippen LogP contribution in [-0.2, 0) is 51.2 Å². The zero-order valence-electron chi connectivity index (χ0n) is 40.4. The number of carbonyl (C=O) groups is 8. The summed E-state index contributed by atoms with van der Waals surface area (Å²) in [6.07, 6.45) is 2.53. The van der Waals surface area contributed by atoms with E-state index in [2.05, 4.69) is 46.9 Å². The van der Waals surface area contributed by atoms with Crippen molar-refractivity contribution in [3.63, 3.8) is 0 Å². The Bertz CT molecular complexity index is 2080. The van der Waals surface area contributed by atoms with Crippen molar-refractivity contribution in [2.75, 3.05) is 33.7 Å². The van der Waals surface area contributed by atoms with Crippen molar-refractivity contribution in [3.8, 4) is 5.75 Å². The first-order valence-corrected chi connectivity index (χ1v) is 23.0. The molecule has 0 radical (unpaired) electrons. The number of aliphatic hydroxyl groups excluding tert-OH is 1. The number of aromatic nitrogens is 2. The van der Waals surface area contributed by atoms with Gasteiger partial charge < -0.3 is 73.5 Å². The maximum atomic E-state index is 14.5. The van der Waals surface area contributed by atoms with E-state index in [1.54, 1.807) is 58.8 Å². The standard InChI is InChI=1S/C45H71N13O11/c1-8-25(4)36(42(66)53-32(20-28-21-48-23-50-28)43(67)58-18-10-12-33(58)40(64)56-37(26(5)59)44(68)69)55-39(63)31(19-27-13-15-29(60)16-14-27)52-41(65)35(24(2)3)54-38(62)30(11-9-17-49-45(46)47)51-34(61)22-57(6)7/h13-16,21,23-26,30-33,35-37,59-60H,8-12,17-20,22H2,1-7H3,(H,48,50)(H,51,61)(H,52,65)(H,53,66)(H,54,62)(H,55,63)(H,56,64)(H,68,69)(H4,46,47,49)/t25-,26+,30-,31-,32-,33-,35-,36-,37-/m0/s1. The molecule has 2 aromatic rings. The number of imidazole rings is 1. The molecule has 14 N–H and O–H groups in total. The molecular formula is C45H71N13O11. The third-order valence-corrected chi connectivity index (χ3v) is 11.6. The molecule has 3 rings (SSSR count). The number of phenols is 1. The predicted molar refractivity (Wildman–Crippen MR) is 252 cm³/mol. The van der Waals surface area contributed by atoms with Crippen LogP contribution in [0.4, 0.5) is 0 Å². The summed E-state index contributed by atoms with van der Waals surface area (Å²) in [6, 6.07) is -3.11. The lowest BCUT2D eigenvalue weighted by Crippen LogP contribution is -2.62. The lowest BCUT2D eigenvalue weighted by molar-refractivity contribution is -0.147. The number of aliphatic hydroxyl groups is 1. The molecule has 0 bridgehead atoms. The van der Waals surface area contributed by atoms with Crippen LogP contribution in [0.1, 0.15) is 78.0 Å². The van der Waals surface area contributed by atoms with Crippen LogP contribution >= 0.6 is 0 Å². The van der Waals surface area contributed by atoms with Crippen LogP contribution in [0.25, 0.3) is 0 Å². The van der Waals surface area contributed by atoms with Gasteiger partial charge >= 0.3 is 5.97 Å². The third-order valence-electron chi connectivity index (χ3n) is 11.6. The number of hydrogen-bond acceptors (Lipinski definition) is 13. The third kappa shape index (κ3) is 18.0. The molecule has 24 nitrogen and oxygen atoms in total. The molecule has 0 unspecified atom stereocenters. The molecular weight excluding hydrogens is 899 g/mol. The van der Waals surface area contributed by atoms with Gasteiger partial charge in [-0.1, -0.05) is 46.2 Å². The second kappa shape index (κ2) is 27.2. The molecule has 69 heavy (non-hydrogen) atoms. The number of guanidine groups is 1. The van der Waals surface area contributed by atoms with Crippen molar-refractivity contribution in [3.05, 3.63) is 48.0 Å². The Morgan fingerprint density at radius 1 is 0.841 bits per heavy atom. The number of aromatic hydroxyl groups is 1. The van der Waals surface area contributed by atoms with Crippen LogP contribution in [0.5, 0.6) is 5.75 Å². The molecule has 1 aromatic carbocycles. The molecule has 382 valence electrons. The van der Waals surface area contributed by atoms with E-state index in [-0.39, 0.29) is 57.0 Å². The number of benzene rings is 1. The van der Waals surface area contributed by atoms with Gasteiger partial charge in [-0.3, -0.25) is 38.6 Å². The number of H-pyrrole nitrogens is 1. The Morgan fingerprint density at radius 3 is 2.03 bits per heavy atom. The Labute approximate surface area is 401 Å². The van der Waals surface area contributed by atoms with Crippen molar-refractivity contribution >= 4 is 53.3 Å². The summed E-state index contributed by atoms with van der Waals surface area (Å²) in [4.78, 5) is 123. The molecule has 0 spiro atoms. The highest BCUT2D eigenvalue weighted by Crippen LogP contribution is 2.21. The van der Waals surface area contributed by atoms with Crippen molar-refractivity contribution in [1.82, 2.24) is 51.7 Å². The number of amides is 7. The largest absolute Gasteiger partial charge is 0.508 e. The number of phenolic OH excluding ortho intramolecular Hbond substituents is 1. The summed E-state index contributed by atoms with van der Waals surface area (Å²) in [6.45, 7) is 8.33. The van der Waals surface area contributed by atoms with E-state index < -0.39 is 108 Å². The topological polar surface area (TPSA) is 369 Å². The first-order valence-electron chi connectivity index (χ1n) is 23.0. The first-order chi connectivity index (χ1) is 32.5. The monoisotopic (exact) mass is 970 g/mol. The normalized spacial score (nSPS) is 17.0. The van der Waals surface area contributed by atoms with Crippen LogP contribution in [0.15, 0.2) is 41.8 Å². The number of nitrogens with zero attached hydrogens (tertiary/aromatic N) is 4. The number of likely N-dealkylation sites (N-methyl/N-ethyl adjacent to an activating group) is 1. The molecule has 1 aliphatic heterocycles. The number of aliphatic carboxylic acids is 1. The summed E-state index contributed by atoms with van der Waals surface area (Å²) in [7, 11) is 3.37. The highest BCUT2D eigenvalue weighted by atomic mass is 16.4. The van der Waals surface area contributed by atoms with Crippen LogP contribution in [-0.4, -0.2) is 170 Å². The molecule has 1 fully saturated rings. The average molecular weight is 970 g/mol. The Hall–Kier alpha value is -6.82. The summed E-state index contributed by atoms with van der Waals surface area (Å²) in [5.74, 6) is -7.61. The quantitative estimate of drug-likeness (QED) is 0.0252. The van der Waals surface area contributed by atoms with Crippen molar-refractivity contribution < 1.29 is 53.7 Å². The second-order valence-electron chi connectivity index (χ2n) is 17.9. The van der Waals surface area contributed by atoms with Gasteiger partial charge in [-0.2, -0.15) is 0 Å². The number of aliphatic imine (C=N–C) groups is 1. The van der Waals surface area contributed by atoms with Crippen molar-refractivity contribution in [1.29, 1.82) is 0 Å². The molecule has 1 aliphatic rings. The Morgan fingerprint density at radius 2 is 1.46 bits per heavy atom. The smallest absolute Gasteiger partial charge is 0.328 e. The summed E-state index contributed by atoms with van der Waals surface area (Å²) in [5, 5.41) is 45.5. The molecule has 2 heterocycles. The predicted octanol–water partition coefficient (Wildman–Crippen LogP) is -2.42. The van der Waals surface area contributed by atoms with E-state index in [9.17, 15) is 53.7 Å². The van der Waals surface area contributed by atoms with Gasteiger partial charge in [-0.15, -0.1) is 0 Å². The average Bonchev–Trinajstić information content (AvgIpc) is 3.99. The maximum Gasteiger partial charge on any atom is 0.328 e. The number of carboxylic acids is 1. The molecule has 9 atom stereocenters. The van der Waals surface area contributed by atoms with E-state index in [1.807, 2.05) is 0 Å².